The van der Waals surface area contributed by atoms with Crippen molar-refractivity contribution in [3.8, 4) is 0 Å². The summed E-state index contributed by atoms with van der Waals surface area (Å²) in [5, 5.41) is 8.68. The maximum Gasteiger partial charge on any atom is 0.253 e. The van der Waals surface area contributed by atoms with E-state index in [2.05, 4.69) is 16.0 Å². The summed E-state index contributed by atoms with van der Waals surface area (Å²) in [6.45, 7) is 5.41. The van der Waals surface area contributed by atoms with Crippen LogP contribution in [0.1, 0.15) is 47.4 Å². The topological polar surface area (TPSA) is 90.5 Å². The van der Waals surface area contributed by atoms with E-state index in [-0.39, 0.29) is 30.3 Å². The molecule has 3 rings (SSSR count). The molecule has 1 fully saturated rings. The Morgan fingerprint density at radius 1 is 0.933 bits per heavy atom. The Hall–Kier alpha value is -3.35. The summed E-state index contributed by atoms with van der Waals surface area (Å²) in [4.78, 5) is 38.8. The summed E-state index contributed by atoms with van der Waals surface area (Å²) < 4.78 is 0. The van der Waals surface area contributed by atoms with Gasteiger partial charge in [0.05, 0.1) is 6.54 Å². The van der Waals surface area contributed by atoms with Crippen molar-refractivity contribution in [3.05, 3.63) is 59.7 Å². The molecule has 0 radical (unpaired) electrons. The fraction of sp³-hybridized carbons (Fsp3) is 0.348. The van der Waals surface area contributed by atoms with Gasteiger partial charge in [0, 0.05) is 41.6 Å². The molecular formula is C23H28N4O3. The van der Waals surface area contributed by atoms with Crippen molar-refractivity contribution in [1.29, 1.82) is 0 Å². The van der Waals surface area contributed by atoms with Gasteiger partial charge in [-0.15, -0.1) is 0 Å². The lowest BCUT2D eigenvalue weighted by molar-refractivity contribution is -0.114. The van der Waals surface area contributed by atoms with E-state index in [4.69, 9.17) is 0 Å². The highest BCUT2D eigenvalue weighted by Gasteiger charge is 2.19. The lowest BCUT2D eigenvalue weighted by Crippen LogP contribution is -2.30. The van der Waals surface area contributed by atoms with Crippen LogP contribution in [0, 0.1) is 0 Å². The number of nitrogens with zero attached hydrogens (tertiary/aromatic N) is 1. The van der Waals surface area contributed by atoms with E-state index < -0.39 is 0 Å². The van der Waals surface area contributed by atoms with Crippen LogP contribution in [0.3, 0.4) is 0 Å². The first-order valence-electron chi connectivity index (χ1n) is 10.3. The van der Waals surface area contributed by atoms with Crippen molar-refractivity contribution in [2.24, 2.45) is 0 Å². The number of anilines is 2. The lowest BCUT2D eigenvalue weighted by Gasteiger charge is -2.16. The van der Waals surface area contributed by atoms with Crippen LogP contribution in [-0.2, 0) is 4.79 Å². The standard InChI is InChI=1S/C23H28N4O3/c1-16(2)25-22(29)17-7-5-9-19(13-17)24-15-21(28)26-20-10-6-8-18(14-20)23(30)27-11-3-4-12-27/h5-10,13-14,16,24H,3-4,11-12,15H2,1-2H3,(H,25,29)(H,26,28). The lowest BCUT2D eigenvalue weighted by atomic mass is 10.1. The molecule has 0 atom stereocenters. The minimum absolute atomic E-state index is 0.00165. The molecule has 0 saturated carbocycles. The number of carbonyl (C=O) groups is 3. The molecule has 1 aliphatic rings. The van der Waals surface area contributed by atoms with Crippen LogP contribution in [-0.4, -0.2) is 48.3 Å². The predicted molar refractivity (Wildman–Crippen MR) is 118 cm³/mol. The van der Waals surface area contributed by atoms with Gasteiger partial charge in [0.1, 0.15) is 0 Å². The molecule has 2 aromatic carbocycles. The van der Waals surface area contributed by atoms with Crippen LogP contribution in [0.25, 0.3) is 0 Å². The number of hydrogen-bond donors (Lipinski definition) is 3. The van der Waals surface area contributed by atoms with Gasteiger partial charge in [-0.25, -0.2) is 0 Å². The molecule has 3 N–H and O–H groups in total. The number of rotatable bonds is 7. The summed E-state index contributed by atoms with van der Waals surface area (Å²) >= 11 is 0. The molecule has 0 aliphatic carbocycles. The number of benzene rings is 2. The largest absolute Gasteiger partial charge is 0.376 e. The fourth-order valence-electron chi connectivity index (χ4n) is 3.34. The van der Waals surface area contributed by atoms with E-state index >= 15 is 0 Å². The van der Waals surface area contributed by atoms with E-state index in [9.17, 15) is 14.4 Å². The summed E-state index contributed by atoms with van der Waals surface area (Å²) in [6, 6.07) is 14.0. The normalized spacial score (nSPS) is 13.2. The van der Waals surface area contributed by atoms with Crippen molar-refractivity contribution < 1.29 is 14.4 Å². The SMILES string of the molecule is CC(C)NC(=O)c1cccc(NCC(=O)Nc2cccc(C(=O)N3CCCC3)c2)c1. The third-order valence-electron chi connectivity index (χ3n) is 4.78. The van der Waals surface area contributed by atoms with Gasteiger partial charge in [0.2, 0.25) is 5.91 Å². The Morgan fingerprint density at radius 3 is 2.27 bits per heavy atom. The van der Waals surface area contributed by atoms with E-state index in [0.717, 1.165) is 25.9 Å². The van der Waals surface area contributed by atoms with Crippen LogP contribution < -0.4 is 16.0 Å². The van der Waals surface area contributed by atoms with Crippen LogP contribution in [0.5, 0.6) is 0 Å². The first-order valence-corrected chi connectivity index (χ1v) is 10.3. The van der Waals surface area contributed by atoms with Crippen molar-refractivity contribution in [1.82, 2.24) is 10.2 Å². The smallest absolute Gasteiger partial charge is 0.253 e. The molecule has 1 heterocycles. The Kier molecular flexibility index (Phi) is 7.06. The second-order valence-corrected chi connectivity index (χ2v) is 7.69. The van der Waals surface area contributed by atoms with Crippen molar-refractivity contribution in [2.45, 2.75) is 32.7 Å². The van der Waals surface area contributed by atoms with Crippen molar-refractivity contribution >= 4 is 29.1 Å². The Morgan fingerprint density at radius 2 is 1.57 bits per heavy atom. The third kappa shape index (κ3) is 5.83. The minimum atomic E-state index is -0.238. The highest BCUT2D eigenvalue weighted by atomic mass is 16.2. The molecule has 30 heavy (non-hydrogen) atoms. The average Bonchev–Trinajstić information content (AvgIpc) is 3.26. The van der Waals surface area contributed by atoms with Gasteiger partial charge in [-0.2, -0.15) is 0 Å². The summed E-state index contributed by atoms with van der Waals surface area (Å²) in [6.07, 6.45) is 2.07. The minimum Gasteiger partial charge on any atom is -0.376 e. The van der Waals surface area contributed by atoms with Gasteiger partial charge in [0.25, 0.3) is 11.8 Å². The molecule has 7 nitrogen and oxygen atoms in total. The summed E-state index contributed by atoms with van der Waals surface area (Å²) in [7, 11) is 0. The maximum atomic E-state index is 12.5. The van der Waals surface area contributed by atoms with Crippen LogP contribution in [0.15, 0.2) is 48.5 Å². The zero-order chi connectivity index (χ0) is 21.5. The van der Waals surface area contributed by atoms with Gasteiger partial charge in [-0.3, -0.25) is 14.4 Å². The molecule has 3 amide bonds. The predicted octanol–water partition coefficient (Wildman–Crippen LogP) is 3.11. The number of hydrogen-bond acceptors (Lipinski definition) is 4. The Labute approximate surface area is 176 Å². The molecule has 1 saturated heterocycles. The molecule has 0 bridgehead atoms. The zero-order valence-corrected chi connectivity index (χ0v) is 17.4. The van der Waals surface area contributed by atoms with Gasteiger partial charge in [-0.05, 0) is 63.1 Å². The molecule has 0 unspecified atom stereocenters. The molecule has 0 spiro atoms. The summed E-state index contributed by atoms with van der Waals surface area (Å²) in [5.41, 5.74) is 2.37. The first-order chi connectivity index (χ1) is 14.4. The van der Waals surface area contributed by atoms with Crippen molar-refractivity contribution in [2.75, 3.05) is 30.3 Å². The highest BCUT2D eigenvalue weighted by molar-refractivity contribution is 5.98. The van der Waals surface area contributed by atoms with Gasteiger partial charge in [0.15, 0.2) is 0 Å². The van der Waals surface area contributed by atoms with Gasteiger partial charge in [-0.1, -0.05) is 12.1 Å². The molecular weight excluding hydrogens is 380 g/mol. The Bertz CT molecular complexity index is 920. The second kappa shape index (κ2) is 9.91. The second-order valence-electron chi connectivity index (χ2n) is 7.69. The monoisotopic (exact) mass is 408 g/mol. The van der Waals surface area contributed by atoms with Gasteiger partial charge < -0.3 is 20.9 Å². The molecule has 2 aromatic rings. The molecule has 0 aromatic heterocycles. The number of carbonyl (C=O) groups excluding carboxylic acids is 3. The summed E-state index contributed by atoms with van der Waals surface area (Å²) in [5.74, 6) is -0.395. The average molecular weight is 409 g/mol. The van der Waals surface area contributed by atoms with E-state index in [1.165, 1.54) is 0 Å². The number of nitrogens with one attached hydrogen (secondary N) is 3. The van der Waals surface area contributed by atoms with Gasteiger partial charge >= 0.3 is 0 Å². The molecule has 158 valence electrons. The highest BCUT2D eigenvalue weighted by Crippen LogP contribution is 2.16. The first kappa shape index (κ1) is 21.4. The Balaban J connectivity index is 1.55. The van der Waals surface area contributed by atoms with Crippen LogP contribution in [0.4, 0.5) is 11.4 Å². The van der Waals surface area contributed by atoms with Crippen molar-refractivity contribution in [3.63, 3.8) is 0 Å². The van der Waals surface area contributed by atoms with E-state index in [1.54, 1.807) is 48.5 Å². The maximum absolute atomic E-state index is 12.5. The fourth-order valence-corrected chi connectivity index (χ4v) is 3.34. The molecule has 1 aliphatic heterocycles. The van der Waals surface area contributed by atoms with E-state index in [0.29, 0.717) is 22.5 Å². The number of likely N-dealkylation sites (tertiary alicyclic amines) is 1. The van der Waals surface area contributed by atoms with Crippen LogP contribution >= 0.6 is 0 Å². The number of amides is 3. The van der Waals surface area contributed by atoms with Crippen LogP contribution in [0.2, 0.25) is 0 Å². The zero-order valence-electron chi connectivity index (χ0n) is 17.4. The quantitative estimate of drug-likeness (QED) is 0.657. The van der Waals surface area contributed by atoms with E-state index in [1.807, 2.05) is 18.7 Å². The third-order valence-corrected chi connectivity index (χ3v) is 4.78. The molecule has 7 heteroatoms.